The third-order valence-corrected chi connectivity index (χ3v) is 3.04. The maximum absolute atomic E-state index is 10.2. The minimum atomic E-state index is -0.407. The zero-order chi connectivity index (χ0) is 13.3. The molecule has 0 radical (unpaired) electrons. The second-order valence-corrected chi connectivity index (χ2v) is 6.19. The van der Waals surface area contributed by atoms with Crippen LogP contribution in [0.3, 0.4) is 0 Å². The summed E-state index contributed by atoms with van der Waals surface area (Å²) < 4.78 is 0. The second-order valence-electron chi connectivity index (χ2n) is 6.19. The molecule has 0 aliphatic heterocycles. The fraction of sp³-hybridized carbons (Fsp3) is 0.438. The summed E-state index contributed by atoms with van der Waals surface area (Å²) in [4.78, 5) is 4.47. The van der Waals surface area contributed by atoms with Crippen LogP contribution in [0.2, 0.25) is 0 Å². The van der Waals surface area contributed by atoms with Crippen LogP contribution in [0.1, 0.15) is 44.6 Å². The fourth-order valence-corrected chi connectivity index (χ4v) is 2.15. The number of benzene rings is 1. The number of aliphatic hydroxyl groups excluding tert-OH is 1. The molecule has 0 aliphatic rings. The number of pyridine rings is 1. The van der Waals surface area contributed by atoms with E-state index in [0.717, 1.165) is 28.6 Å². The summed E-state index contributed by atoms with van der Waals surface area (Å²) in [6, 6.07) is 10.1. The standard InChI is InChI=1S/C16H21NO/c1-11-5-6-12-9-13(7-8-14(12)17-11)15(18)10-16(2,3)4/h5-9,15,18H,10H2,1-4H3. The van der Waals surface area contributed by atoms with Crippen LogP contribution in [0.4, 0.5) is 0 Å². The third kappa shape index (κ3) is 3.08. The molecule has 18 heavy (non-hydrogen) atoms. The highest BCUT2D eigenvalue weighted by Gasteiger charge is 2.18. The highest BCUT2D eigenvalue weighted by atomic mass is 16.3. The molecule has 96 valence electrons. The first-order chi connectivity index (χ1) is 8.35. The van der Waals surface area contributed by atoms with E-state index < -0.39 is 6.10 Å². The van der Waals surface area contributed by atoms with Crippen molar-refractivity contribution in [3.05, 3.63) is 41.6 Å². The van der Waals surface area contributed by atoms with Crippen LogP contribution in [-0.4, -0.2) is 10.1 Å². The highest BCUT2D eigenvalue weighted by molar-refractivity contribution is 5.79. The van der Waals surface area contributed by atoms with Gasteiger partial charge in [-0.3, -0.25) is 4.98 Å². The van der Waals surface area contributed by atoms with E-state index in [4.69, 9.17) is 0 Å². The highest BCUT2D eigenvalue weighted by Crippen LogP contribution is 2.30. The molecule has 1 aromatic heterocycles. The van der Waals surface area contributed by atoms with Crippen LogP contribution < -0.4 is 0 Å². The van der Waals surface area contributed by atoms with Crippen molar-refractivity contribution in [1.29, 1.82) is 0 Å². The van der Waals surface area contributed by atoms with Gasteiger partial charge in [0.15, 0.2) is 0 Å². The lowest BCUT2D eigenvalue weighted by atomic mass is 9.86. The number of aromatic nitrogens is 1. The molecule has 1 heterocycles. The number of hydrogen-bond donors (Lipinski definition) is 1. The van der Waals surface area contributed by atoms with E-state index in [0.29, 0.717) is 0 Å². The van der Waals surface area contributed by atoms with E-state index in [1.165, 1.54) is 0 Å². The van der Waals surface area contributed by atoms with Crippen molar-refractivity contribution in [3.63, 3.8) is 0 Å². The Bertz CT molecular complexity index is 555. The topological polar surface area (TPSA) is 33.1 Å². The molecule has 1 atom stereocenters. The molecule has 2 heteroatoms. The fourth-order valence-electron chi connectivity index (χ4n) is 2.15. The Kier molecular flexibility index (Phi) is 3.40. The van der Waals surface area contributed by atoms with Crippen molar-refractivity contribution in [3.8, 4) is 0 Å². The van der Waals surface area contributed by atoms with E-state index in [1.807, 2.05) is 31.2 Å². The second kappa shape index (κ2) is 4.69. The molecule has 0 amide bonds. The average Bonchev–Trinajstić information content (AvgIpc) is 2.26. The predicted octanol–water partition coefficient (Wildman–Crippen LogP) is 4.01. The van der Waals surface area contributed by atoms with E-state index in [2.05, 4.69) is 31.8 Å². The Morgan fingerprint density at radius 1 is 1.17 bits per heavy atom. The van der Waals surface area contributed by atoms with Gasteiger partial charge in [-0.1, -0.05) is 32.9 Å². The van der Waals surface area contributed by atoms with Gasteiger partial charge in [-0.05, 0) is 42.5 Å². The molecule has 0 saturated heterocycles. The lowest BCUT2D eigenvalue weighted by molar-refractivity contribution is 0.122. The molecule has 0 bridgehead atoms. The summed E-state index contributed by atoms with van der Waals surface area (Å²) in [5, 5.41) is 11.3. The molecule has 0 fully saturated rings. The Morgan fingerprint density at radius 3 is 2.56 bits per heavy atom. The Hall–Kier alpha value is -1.41. The summed E-state index contributed by atoms with van der Waals surface area (Å²) >= 11 is 0. The number of aryl methyl sites for hydroxylation is 1. The molecule has 2 aromatic rings. The first-order valence-corrected chi connectivity index (χ1v) is 6.40. The molecule has 0 aliphatic carbocycles. The van der Waals surface area contributed by atoms with Gasteiger partial charge in [-0.2, -0.15) is 0 Å². The summed E-state index contributed by atoms with van der Waals surface area (Å²) in [6.45, 7) is 8.41. The first kappa shape index (κ1) is 13.0. The number of nitrogens with zero attached hydrogens (tertiary/aromatic N) is 1. The minimum Gasteiger partial charge on any atom is -0.388 e. The van der Waals surface area contributed by atoms with Crippen LogP contribution in [0, 0.1) is 12.3 Å². The number of fused-ring (bicyclic) bond motifs is 1. The van der Waals surface area contributed by atoms with Gasteiger partial charge in [-0.15, -0.1) is 0 Å². The Morgan fingerprint density at radius 2 is 1.89 bits per heavy atom. The summed E-state index contributed by atoms with van der Waals surface area (Å²) in [5.41, 5.74) is 3.11. The van der Waals surface area contributed by atoms with Gasteiger partial charge in [0, 0.05) is 11.1 Å². The van der Waals surface area contributed by atoms with Gasteiger partial charge in [0.25, 0.3) is 0 Å². The minimum absolute atomic E-state index is 0.125. The Balaban J connectivity index is 2.32. The zero-order valence-corrected chi connectivity index (χ0v) is 11.6. The lowest BCUT2D eigenvalue weighted by Crippen LogP contribution is -2.11. The molecular formula is C16H21NO. The van der Waals surface area contributed by atoms with Crippen molar-refractivity contribution in [1.82, 2.24) is 4.98 Å². The van der Waals surface area contributed by atoms with Gasteiger partial charge >= 0.3 is 0 Å². The van der Waals surface area contributed by atoms with Gasteiger partial charge in [0.2, 0.25) is 0 Å². The normalized spacial score (nSPS) is 13.8. The molecule has 1 aromatic carbocycles. The van der Waals surface area contributed by atoms with Gasteiger partial charge in [0.05, 0.1) is 11.6 Å². The van der Waals surface area contributed by atoms with Crippen molar-refractivity contribution in [2.45, 2.75) is 40.2 Å². The third-order valence-electron chi connectivity index (χ3n) is 3.04. The van der Waals surface area contributed by atoms with Crippen molar-refractivity contribution >= 4 is 10.9 Å². The van der Waals surface area contributed by atoms with E-state index in [9.17, 15) is 5.11 Å². The smallest absolute Gasteiger partial charge is 0.0795 e. The Labute approximate surface area is 109 Å². The maximum Gasteiger partial charge on any atom is 0.0795 e. The van der Waals surface area contributed by atoms with E-state index in [1.54, 1.807) is 0 Å². The molecule has 1 unspecified atom stereocenters. The molecular weight excluding hydrogens is 222 g/mol. The van der Waals surface area contributed by atoms with Crippen LogP contribution in [0.5, 0.6) is 0 Å². The molecule has 0 spiro atoms. The van der Waals surface area contributed by atoms with Crippen molar-refractivity contribution in [2.24, 2.45) is 5.41 Å². The SMILES string of the molecule is Cc1ccc2cc(C(O)CC(C)(C)C)ccc2n1. The molecule has 0 saturated carbocycles. The number of aliphatic hydroxyl groups is 1. The van der Waals surface area contributed by atoms with Crippen LogP contribution in [-0.2, 0) is 0 Å². The largest absolute Gasteiger partial charge is 0.388 e. The van der Waals surface area contributed by atoms with Gasteiger partial charge < -0.3 is 5.11 Å². The summed E-state index contributed by atoms with van der Waals surface area (Å²) in [5.74, 6) is 0. The quantitative estimate of drug-likeness (QED) is 0.864. The van der Waals surface area contributed by atoms with Crippen molar-refractivity contribution < 1.29 is 5.11 Å². The van der Waals surface area contributed by atoms with Crippen molar-refractivity contribution in [2.75, 3.05) is 0 Å². The van der Waals surface area contributed by atoms with E-state index in [-0.39, 0.29) is 5.41 Å². The maximum atomic E-state index is 10.2. The average molecular weight is 243 g/mol. The predicted molar refractivity (Wildman–Crippen MR) is 75.5 cm³/mol. The van der Waals surface area contributed by atoms with Crippen LogP contribution in [0.15, 0.2) is 30.3 Å². The number of rotatable bonds is 2. The lowest BCUT2D eigenvalue weighted by Gasteiger charge is -2.22. The van der Waals surface area contributed by atoms with E-state index >= 15 is 0 Å². The molecule has 2 rings (SSSR count). The summed E-state index contributed by atoms with van der Waals surface area (Å²) in [7, 11) is 0. The molecule has 2 nitrogen and oxygen atoms in total. The first-order valence-electron chi connectivity index (χ1n) is 6.40. The van der Waals surface area contributed by atoms with Gasteiger partial charge in [0.1, 0.15) is 0 Å². The molecule has 1 N–H and O–H groups in total. The number of hydrogen-bond acceptors (Lipinski definition) is 2. The van der Waals surface area contributed by atoms with Gasteiger partial charge in [-0.25, -0.2) is 0 Å². The monoisotopic (exact) mass is 243 g/mol. The zero-order valence-electron chi connectivity index (χ0n) is 11.6. The summed E-state index contributed by atoms with van der Waals surface area (Å²) in [6.07, 6.45) is 0.355. The van der Waals surface area contributed by atoms with Crippen LogP contribution >= 0.6 is 0 Å². The van der Waals surface area contributed by atoms with Crippen LogP contribution in [0.25, 0.3) is 10.9 Å².